The van der Waals surface area contributed by atoms with E-state index in [9.17, 15) is 9.59 Å². The minimum atomic E-state index is -0.599. The van der Waals surface area contributed by atoms with Crippen LogP contribution in [0.1, 0.15) is 10.4 Å². The van der Waals surface area contributed by atoms with Crippen molar-refractivity contribution in [3.05, 3.63) is 83.0 Å². The first kappa shape index (κ1) is 29.4. The standard InChI is InChI=1S/C16H18N4OS.C11H15NO3/c1-18-14(15(17)21)16(19-2)22-10-20-13-8-7-11-5-3-4-6-12(11)9-13;13-6-8-15-7-5-12-11-3-1-10(9-14)2-4-11/h3-9,19-20H,1,10H2,2H3,(H2,17,21);1-4,9,12-13H,5-8H2/b16-14-;. The van der Waals surface area contributed by atoms with Crippen molar-refractivity contribution in [3.63, 3.8) is 0 Å². The van der Waals surface area contributed by atoms with Crippen LogP contribution in [-0.2, 0) is 9.53 Å². The summed E-state index contributed by atoms with van der Waals surface area (Å²) in [6.45, 7) is 5.02. The number of carbonyl (C=O) groups excluding carboxylic acids is 2. The molecule has 0 aliphatic carbocycles. The Morgan fingerprint density at radius 3 is 2.38 bits per heavy atom. The van der Waals surface area contributed by atoms with Gasteiger partial charge in [-0.05, 0) is 53.9 Å². The Bertz CT molecular complexity index is 1180. The van der Waals surface area contributed by atoms with Gasteiger partial charge in [0.2, 0.25) is 0 Å². The van der Waals surface area contributed by atoms with Crippen molar-refractivity contribution in [3.8, 4) is 0 Å². The highest BCUT2D eigenvalue weighted by Crippen LogP contribution is 2.22. The lowest BCUT2D eigenvalue weighted by atomic mass is 10.1. The molecule has 9 nitrogen and oxygen atoms in total. The fourth-order valence-corrected chi connectivity index (χ4v) is 3.95. The maximum absolute atomic E-state index is 11.3. The Hall–Kier alpha value is -3.86. The third kappa shape index (κ3) is 10.3. The highest BCUT2D eigenvalue weighted by atomic mass is 32.2. The number of aliphatic imine (C=N–C) groups is 1. The molecule has 0 bridgehead atoms. The van der Waals surface area contributed by atoms with E-state index in [2.05, 4.69) is 51.9 Å². The lowest BCUT2D eigenvalue weighted by Gasteiger charge is -2.11. The predicted octanol–water partition coefficient (Wildman–Crippen LogP) is 3.44. The lowest BCUT2D eigenvalue weighted by molar-refractivity contribution is -0.114. The fourth-order valence-electron chi connectivity index (χ4n) is 3.13. The molecule has 0 atom stereocenters. The summed E-state index contributed by atoms with van der Waals surface area (Å²) < 4.78 is 5.08. The third-order valence-electron chi connectivity index (χ3n) is 4.93. The highest BCUT2D eigenvalue weighted by Gasteiger charge is 2.10. The van der Waals surface area contributed by atoms with Gasteiger partial charge in [0.15, 0.2) is 5.70 Å². The van der Waals surface area contributed by atoms with Crippen LogP contribution in [0.2, 0.25) is 0 Å². The molecule has 0 fully saturated rings. The molecular weight excluding hydrogens is 490 g/mol. The minimum absolute atomic E-state index is 0.0496. The Balaban J connectivity index is 0.000000281. The molecule has 196 valence electrons. The van der Waals surface area contributed by atoms with Crippen LogP contribution < -0.4 is 21.7 Å². The molecule has 0 unspecified atom stereocenters. The normalized spacial score (nSPS) is 11.0. The minimum Gasteiger partial charge on any atom is -0.394 e. The predicted molar refractivity (Wildman–Crippen MR) is 153 cm³/mol. The van der Waals surface area contributed by atoms with Crippen LogP contribution in [-0.4, -0.2) is 63.3 Å². The number of aliphatic hydroxyl groups excluding tert-OH is 1. The number of fused-ring (bicyclic) bond motifs is 1. The van der Waals surface area contributed by atoms with Gasteiger partial charge in [0.05, 0.1) is 25.7 Å². The van der Waals surface area contributed by atoms with Gasteiger partial charge < -0.3 is 31.5 Å². The summed E-state index contributed by atoms with van der Waals surface area (Å²) in [6, 6.07) is 21.5. The van der Waals surface area contributed by atoms with E-state index < -0.39 is 5.91 Å². The molecule has 0 aromatic heterocycles. The molecule has 10 heteroatoms. The van der Waals surface area contributed by atoms with Gasteiger partial charge in [-0.2, -0.15) is 0 Å². The Morgan fingerprint density at radius 1 is 1.05 bits per heavy atom. The zero-order chi connectivity index (χ0) is 26.9. The first-order valence-electron chi connectivity index (χ1n) is 11.5. The molecule has 3 rings (SSSR count). The van der Waals surface area contributed by atoms with Crippen molar-refractivity contribution in [1.82, 2.24) is 5.32 Å². The number of aldehydes is 1. The monoisotopic (exact) mass is 523 g/mol. The van der Waals surface area contributed by atoms with Crippen molar-refractivity contribution in [2.75, 3.05) is 49.9 Å². The number of anilines is 2. The van der Waals surface area contributed by atoms with Crippen LogP contribution in [0.5, 0.6) is 0 Å². The second-order valence-electron chi connectivity index (χ2n) is 7.48. The first-order valence-corrected chi connectivity index (χ1v) is 12.5. The number of nitrogens with two attached hydrogens (primary N) is 1. The summed E-state index contributed by atoms with van der Waals surface area (Å²) in [5.41, 5.74) is 8.03. The fraction of sp³-hybridized carbons (Fsp3) is 0.222. The second-order valence-corrected chi connectivity index (χ2v) is 8.47. The van der Waals surface area contributed by atoms with E-state index in [0.717, 1.165) is 17.7 Å². The van der Waals surface area contributed by atoms with E-state index >= 15 is 0 Å². The Labute approximate surface area is 221 Å². The van der Waals surface area contributed by atoms with Gasteiger partial charge in [0.1, 0.15) is 11.3 Å². The molecule has 37 heavy (non-hydrogen) atoms. The molecule has 0 heterocycles. The summed E-state index contributed by atoms with van der Waals surface area (Å²) >= 11 is 1.41. The van der Waals surface area contributed by atoms with E-state index in [1.807, 2.05) is 30.3 Å². The van der Waals surface area contributed by atoms with Gasteiger partial charge in [-0.25, -0.2) is 0 Å². The molecule has 0 aliphatic heterocycles. The third-order valence-corrected chi connectivity index (χ3v) is 5.91. The zero-order valence-electron chi connectivity index (χ0n) is 20.8. The number of aliphatic hydroxyl groups is 1. The van der Waals surface area contributed by atoms with Crippen LogP contribution in [0.3, 0.4) is 0 Å². The summed E-state index contributed by atoms with van der Waals surface area (Å²) in [5, 5.41) is 20.8. The molecule has 0 saturated carbocycles. The number of nitrogens with zero attached hydrogens (tertiary/aromatic N) is 1. The smallest absolute Gasteiger partial charge is 0.269 e. The number of ether oxygens (including phenoxy) is 1. The van der Waals surface area contributed by atoms with Crippen LogP contribution in [0.15, 0.2) is 82.4 Å². The molecule has 1 amide bonds. The number of carbonyl (C=O) groups is 2. The molecule has 3 aromatic rings. The quantitative estimate of drug-likeness (QED) is 0.0712. The summed E-state index contributed by atoms with van der Waals surface area (Å²) in [6.07, 6.45) is 0.814. The maximum Gasteiger partial charge on any atom is 0.269 e. The zero-order valence-corrected chi connectivity index (χ0v) is 21.6. The van der Waals surface area contributed by atoms with Gasteiger partial charge in [-0.15, -0.1) is 0 Å². The van der Waals surface area contributed by atoms with Crippen molar-refractivity contribution in [1.29, 1.82) is 0 Å². The molecule has 0 aliphatic rings. The van der Waals surface area contributed by atoms with Crippen molar-refractivity contribution in [2.45, 2.75) is 0 Å². The SMILES string of the molecule is C=N/C(C(N)=O)=C(/NC)SCNc1ccc2ccccc2c1.O=Cc1ccc(NCCOCCO)cc1. The average Bonchev–Trinajstić information content (AvgIpc) is 2.93. The van der Waals surface area contributed by atoms with Gasteiger partial charge in [-0.3, -0.25) is 14.6 Å². The van der Waals surface area contributed by atoms with E-state index in [4.69, 9.17) is 15.6 Å². The van der Waals surface area contributed by atoms with Crippen molar-refractivity contribution in [2.24, 2.45) is 10.7 Å². The number of amides is 1. The van der Waals surface area contributed by atoms with E-state index in [-0.39, 0.29) is 12.3 Å². The number of benzene rings is 3. The van der Waals surface area contributed by atoms with Gasteiger partial charge in [0, 0.05) is 30.5 Å². The van der Waals surface area contributed by atoms with Gasteiger partial charge in [0.25, 0.3) is 5.91 Å². The maximum atomic E-state index is 11.3. The topological polar surface area (TPSA) is 138 Å². The molecule has 6 N–H and O–H groups in total. The average molecular weight is 524 g/mol. The Kier molecular flexibility index (Phi) is 13.3. The summed E-state index contributed by atoms with van der Waals surface area (Å²) in [4.78, 5) is 25.3. The first-order chi connectivity index (χ1) is 18.0. The number of primary amides is 1. The van der Waals surface area contributed by atoms with Crippen molar-refractivity contribution < 1.29 is 19.4 Å². The van der Waals surface area contributed by atoms with Crippen molar-refractivity contribution >= 4 is 52.8 Å². The number of thioether (sulfide) groups is 1. The van der Waals surface area contributed by atoms with Gasteiger partial charge in [-0.1, -0.05) is 42.1 Å². The molecular formula is C27H33N5O4S. The lowest BCUT2D eigenvalue weighted by Crippen LogP contribution is -2.19. The van der Waals surface area contributed by atoms with Crippen LogP contribution >= 0.6 is 11.8 Å². The number of hydrogen-bond acceptors (Lipinski definition) is 9. The summed E-state index contributed by atoms with van der Waals surface area (Å²) in [5.74, 6) is -0.0292. The molecule has 3 aromatic carbocycles. The van der Waals surface area contributed by atoms with E-state index in [1.54, 1.807) is 19.2 Å². The molecule has 0 radical (unpaired) electrons. The molecule has 0 spiro atoms. The van der Waals surface area contributed by atoms with E-state index in [0.29, 0.717) is 36.2 Å². The van der Waals surface area contributed by atoms with Gasteiger partial charge >= 0.3 is 0 Å². The highest BCUT2D eigenvalue weighted by molar-refractivity contribution is 8.03. The van der Waals surface area contributed by atoms with Crippen LogP contribution in [0, 0.1) is 0 Å². The Morgan fingerprint density at radius 2 is 1.76 bits per heavy atom. The summed E-state index contributed by atoms with van der Waals surface area (Å²) in [7, 11) is 1.71. The number of hydrogen-bond donors (Lipinski definition) is 5. The van der Waals surface area contributed by atoms with E-state index in [1.165, 1.54) is 22.5 Å². The number of rotatable bonds is 14. The van der Waals surface area contributed by atoms with Crippen LogP contribution in [0.4, 0.5) is 11.4 Å². The second kappa shape index (κ2) is 16.7. The molecule has 0 saturated heterocycles. The number of nitrogens with one attached hydrogen (secondary N) is 3. The largest absolute Gasteiger partial charge is 0.394 e. The van der Waals surface area contributed by atoms with Crippen LogP contribution in [0.25, 0.3) is 10.8 Å².